The molecule has 21 heavy (non-hydrogen) atoms. The maximum absolute atomic E-state index is 9.39. The molecule has 1 atom stereocenters. The zero-order valence-electron chi connectivity index (χ0n) is 10.8. The number of rotatable bonds is 3. The van der Waals surface area contributed by atoms with Crippen molar-refractivity contribution in [2.45, 2.75) is 6.04 Å². The van der Waals surface area contributed by atoms with Crippen molar-refractivity contribution in [1.29, 1.82) is 5.26 Å². The van der Waals surface area contributed by atoms with Gasteiger partial charge in [-0.1, -0.05) is 17.7 Å². The lowest BCUT2D eigenvalue weighted by Gasteiger charge is -2.14. The Morgan fingerprint density at radius 1 is 1.19 bits per heavy atom. The third kappa shape index (κ3) is 2.92. The number of nitriles is 1. The van der Waals surface area contributed by atoms with E-state index in [0.717, 1.165) is 15.7 Å². The first kappa shape index (κ1) is 14.1. The van der Waals surface area contributed by atoms with Gasteiger partial charge in [-0.15, -0.1) is 0 Å². The molecule has 1 unspecified atom stereocenters. The Labute approximate surface area is 135 Å². The minimum absolute atomic E-state index is 0.216. The van der Waals surface area contributed by atoms with E-state index >= 15 is 0 Å². The van der Waals surface area contributed by atoms with Crippen LogP contribution in [0.1, 0.15) is 11.6 Å². The van der Waals surface area contributed by atoms with E-state index in [0.29, 0.717) is 16.5 Å². The molecule has 0 saturated heterocycles. The lowest BCUT2D eigenvalue weighted by molar-refractivity contribution is 0.174. The first-order chi connectivity index (χ1) is 10.2. The lowest BCUT2D eigenvalue weighted by Crippen LogP contribution is -2.08. The van der Waals surface area contributed by atoms with Crippen LogP contribution in [0.3, 0.4) is 0 Å². The minimum atomic E-state index is -0.493. The number of halogens is 2. The van der Waals surface area contributed by atoms with Gasteiger partial charge < -0.3 is 14.8 Å². The van der Waals surface area contributed by atoms with Gasteiger partial charge in [0.05, 0.1) is 11.1 Å². The summed E-state index contributed by atoms with van der Waals surface area (Å²) in [7, 11) is 0. The number of anilines is 1. The SMILES string of the molecule is N#CC(Nc1ccc(Cl)c(Br)c1)c1ccc2c(c1)OCO2. The monoisotopic (exact) mass is 364 g/mol. The summed E-state index contributed by atoms with van der Waals surface area (Å²) in [6.07, 6.45) is 0. The summed E-state index contributed by atoms with van der Waals surface area (Å²) in [6.45, 7) is 0.216. The van der Waals surface area contributed by atoms with Crippen LogP contribution in [-0.4, -0.2) is 6.79 Å². The van der Waals surface area contributed by atoms with E-state index in [9.17, 15) is 5.26 Å². The molecule has 1 heterocycles. The number of hydrogen-bond acceptors (Lipinski definition) is 4. The highest BCUT2D eigenvalue weighted by Gasteiger charge is 2.18. The van der Waals surface area contributed by atoms with Gasteiger partial charge in [0.2, 0.25) is 6.79 Å². The fourth-order valence-electron chi connectivity index (χ4n) is 2.04. The molecule has 106 valence electrons. The number of hydrogen-bond donors (Lipinski definition) is 1. The first-order valence-corrected chi connectivity index (χ1v) is 7.35. The largest absolute Gasteiger partial charge is 0.454 e. The molecule has 0 fully saturated rings. The Morgan fingerprint density at radius 3 is 2.76 bits per heavy atom. The van der Waals surface area contributed by atoms with Gasteiger partial charge in [-0.2, -0.15) is 5.26 Å². The van der Waals surface area contributed by atoms with Crippen molar-refractivity contribution >= 4 is 33.2 Å². The van der Waals surface area contributed by atoms with Crippen LogP contribution in [0.5, 0.6) is 11.5 Å². The van der Waals surface area contributed by atoms with Gasteiger partial charge in [0, 0.05) is 10.2 Å². The molecule has 1 aliphatic heterocycles. The van der Waals surface area contributed by atoms with Gasteiger partial charge in [0.25, 0.3) is 0 Å². The third-order valence-corrected chi connectivity index (χ3v) is 4.30. The average molecular weight is 366 g/mol. The van der Waals surface area contributed by atoms with E-state index in [-0.39, 0.29) is 6.79 Å². The van der Waals surface area contributed by atoms with E-state index in [1.807, 2.05) is 30.3 Å². The highest BCUT2D eigenvalue weighted by Crippen LogP contribution is 2.35. The van der Waals surface area contributed by atoms with Crippen molar-refractivity contribution in [3.8, 4) is 17.6 Å². The first-order valence-electron chi connectivity index (χ1n) is 6.18. The molecule has 1 N–H and O–H groups in total. The smallest absolute Gasteiger partial charge is 0.231 e. The molecule has 2 aromatic carbocycles. The molecule has 0 aliphatic carbocycles. The third-order valence-electron chi connectivity index (χ3n) is 3.09. The molecule has 3 rings (SSSR count). The van der Waals surface area contributed by atoms with E-state index in [2.05, 4.69) is 27.3 Å². The zero-order chi connectivity index (χ0) is 14.8. The fourth-order valence-corrected chi connectivity index (χ4v) is 2.53. The Hall–Kier alpha value is -1.90. The Bertz CT molecular complexity index is 730. The summed E-state index contributed by atoms with van der Waals surface area (Å²) in [5, 5.41) is 13.2. The maximum Gasteiger partial charge on any atom is 0.231 e. The van der Waals surface area contributed by atoms with Crippen LogP contribution in [0, 0.1) is 11.3 Å². The van der Waals surface area contributed by atoms with Crippen LogP contribution in [0.4, 0.5) is 5.69 Å². The zero-order valence-corrected chi connectivity index (χ0v) is 13.1. The Kier molecular flexibility index (Phi) is 3.91. The van der Waals surface area contributed by atoms with E-state index in [4.69, 9.17) is 21.1 Å². The molecule has 0 saturated carbocycles. The second-order valence-corrected chi connectivity index (χ2v) is 5.71. The normalized spacial score (nSPS) is 13.6. The number of nitrogens with one attached hydrogen (secondary N) is 1. The van der Waals surface area contributed by atoms with Crippen molar-refractivity contribution in [2.24, 2.45) is 0 Å². The quantitative estimate of drug-likeness (QED) is 0.869. The molecule has 0 bridgehead atoms. The van der Waals surface area contributed by atoms with Crippen LogP contribution >= 0.6 is 27.5 Å². The highest BCUT2D eigenvalue weighted by atomic mass is 79.9. The van der Waals surface area contributed by atoms with Crippen molar-refractivity contribution in [2.75, 3.05) is 12.1 Å². The minimum Gasteiger partial charge on any atom is -0.454 e. The summed E-state index contributed by atoms with van der Waals surface area (Å²) < 4.78 is 11.4. The Balaban J connectivity index is 1.85. The predicted molar refractivity (Wildman–Crippen MR) is 83.7 cm³/mol. The predicted octanol–water partition coefficient (Wildman–Crippen LogP) is 4.51. The topological polar surface area (TPSA) is 54.3 Å². The second-order valence-electron chi connectivity index (χ2n) is 4.45. The summed E-state index contributed by atoms with van der Waals surface area (Å²) in [5.41, 5.74) is 1.61. The van der Waals surface area contributed by atoms with Crippen molar-refractivity contribution in [3.63, 3.8) is 0 Å². The fraction of sp³-hybridized carbons (Fsp3) is 0.133. The molecule has 0 spiro atoms. The van der Waals surface area contributed by atoms with Crippen molar-refractivity contribution in [1.82, 2.24) is 0 Å². The van der Waals surface area contributed by atoms with Crippen molar-refractivity contribution < 1.29 is 9.47 Å². The summed E-state index contributed by atoms with van der Waals surface area (Å²) in [6, 6.07) is 12.6. The van der Waals surface area contributed by atoms with Gasteiger partial charge in [0.1, 0.15) is 6.04 Å². The molecule has 1 aliphatic rings. The van der Waals surface area contributed by atoms with Gasteiger partial charge in [0.15, 0.2) is 11.5 Å². The molecule has 6 heteroatoms. The molecule has 0 radical (unpaired) electrons. The highest BCUT2D eigenvalue weighted by molar-refractivity contribution is 9.10. The number of benzene rings is 2. The average Bonchev–Trinajstić information content (AvgIpc) is 2.95. The van der Waals surface area contributed by atoms with Gasteiger partial charge >= 0.3 is 0 Å². The van der Waals surface area contributed by atoms with Gasteiger partial charge in [-0.05, 0) is 51.8 Å². The number of nitrogens with zero attached hydrogens (tertiary/aromatic N) is 1. The summed E-state index contributed by atoms with van der Waals surface area (Å²) in [4.78, 5) is 0. The summed E-state index contributed by atoms with van der Waals surface area (Å²) >= 11 is 9.33. The summed E-state index contributed by atoms with van der Waals surface area (Å²) in [5.74, 6) is 1.36. The molecule has 0 amide bonds. The lowest BCUT2D eigenvalue weighted by atomic mass is 10.1. The number of ether oxygens (including phenoxy) is 2. The van der Waals surface area contributed by atoms with E-state index in [1.54, 1.807) is 6.07 Å². The van der Waals surface area contributed by atoms with Gasteiger partial charge in [-0.3, -0.25) is 0 Å². The van der Waals surface area contributed by atoms with Crippen molar-refractivity contribution in [3.05, 3.63) is 51.5 Å². The number of fused-ring (bicyclic) bond motifs is 1. The molecule has 0 aromatic heterocycles. The second kappa shape index (κ2) is 5.84. The van der Waals surface area contributed by atoms with Crippen LogP contribution in [0.25, 0.3) is 0 Å². The van der Waals surface area contributed by atoms with Crippen LogP contribution in [-0.2, 0) is 0 Å². The molecular formula is C15H10BrClN2O2. The molecule has 2 aromatic rings. The maximum atomic E-state index is 9.39. The molecule has 4 nitrogen and oxygen atoms in total. The van der Waals surface area contributed by atoms with Crippen LogP contribution in [0.2, 0.25) is 5.02 Å². The van der Waals surface area contributed by atoms with Gasteiger partial charge in [-0.25, -0.2) is 0 Å². The Morgan fingerprint density at radius 2 is 2.00 bits per heavy atom. The van der Waals surface area contributed by atoms with E-state index in [1.165, 1.54) is 0 Å². The molecular weight excluding hydrogens is 356 g/mol. The van der Waals surface area contributed by atoms with Crippen LogP contribution in [0.15, 0.2) is 40.9 Å². The standard InChI is InChI=1S/C15H10BrClN2O2/c16-11-6-10(2-3-12(11)17)19-13(7-18)9-1-4-14-15(5-9)21-8-20-14/h1-6,13,19H,8H2. The van der Waals surface area contributed by atoms with E-state index < -0.39 is 6.04 Å². The van der Waals surface area contributed by atoms with Crippen LogP contribution < -0.4 is 14.8 Å².